The molecule has 2 rings (SSSR count). The zero-order valence-corrected chi connectivity index (χ0v) is 12.6. The molecular formula is C13H15N3O4S. The van der Waals surface area contributed by atoms with Crippen LogP contribution in [-0.4, -0.2) is 20.7 Å². The number of aryl methyl sites for hydroxylation is 3. The minimum Gasteiger partial charge on any atom is -0.461 e. The molecule has 2 heterocycles. The van der Waals surface area contributed by atoms with Crippen LogP contribution in [0.3, 0.4) is 0 Å². The molecule has 0 aromatic carbocycles. The Balaban J connectivity index is 1.79. The van der Waals surface area contributed by atoms with Gasteiger partial charge in [-0.05, 0) is 19.9 Å². The molecule has 0 aliphatic rings. The first-order valence-electron chi connectivity index (χ1n) is 6.34. The van der Waals surface area contributed by atoms with Crippen molar-refractivity contribution in [2.24, 2.45) is 0 Å². The van der Waals surface area contributed by atoms with Gasteiger partial charge in [-0.15, -0.1) is 0 Å². The fourth-order valence-corrected chi connectivity index (χ4v) is 2.58. The normalized spacial score (nSPS) is 10.6. The van der Waals surface area contributed by atoms with Gasteiger partial charge in [-0.1, -0.05) is 11.3 Å². The van der Waals surface area contributed by atoms with Gasteiger partial charge in [0, 0.05) is 22.7 Å². The summed E-state index contributed by atoms with van der Waals surface area (Å²) < 4.78 is 6.85. The Labute approximate surface area is 125 Å². The molecule has 0 saturated heterocycles. The number of nitrogens with zero attached hydrogens (tertiary/aromatic N) is 3. The van der Waals surface area contributed by atoms with Crippen molar-refractivity contribution >= 4 is 22.3 Å². The number of hydrogen-bond acceptors (Lipinski definition) is 6. The second-order valence-corrected chi connectivity index (χ2v) is 5.50. The Bertz CT molecular complexity index is 662. The van der Waals surface area contributed by atoms with Crippen LogP contribution in [0.15, 0.2) is 17.5 Å². The second-order valence-electron chi connectivity index (χ2n) is 4.61. The monoisotopic (exact) mass is 309 g/mol. The van der Waals surface area contributed by atoms with Gasteiger partial charge in [0.25, 0.3) is 0 Å². The fourth-order valence-electron chi connectivity index (χ4n) is 1.87. The SMILES string of the molecule is Cc1cc(C)n(CCC(=O)OCc2csc([N+](=O)[O-])c2)n1. The summed E-state index contributed by atoms with van der Waals surface area (Å²) in [5.41, 5.74) is 2.53. The molecule has 0 bridgehead atoms. The maximum Gasteiger partial charge on any atom is 0.324 e. The molecule has 0 aliphatic heterocycles. The smallest absolute Gasteiger partial charge is 0.324 e. The van der Waals surface area contributed by atoms with Crippen molar-refractivity contribution in [3.63, 3.8) is 0 Å². The highest BCUT2D eigenvalue weighted by atomic mass is 32.1. The number of carbonyl (C=O) groups is 1. The molecule has 21 heavy (non-hydrogen) atoms. The Hall–Kier alpha value is -2.22. The van der Waals surface area contributed by atoms with Gasteiger partial charge in [0.15, 0.2) is 0 Å². The lowest BCUT2D eigenvalue weighted by Crippen LogP contribution is -2.11. The largest absolute Gasteiger partial charge is 0.461 e. The molecule has 0 unspecified atom stereocenters. The van der Waals surface area contributed by atoms with Gasteiger partial charge in [-0.3, -0.25) is 19.6 Å². The number of aromatic nitrogens is 2. The predicted octanol–water partition coefficient (Wildman–Crippen LogP) is 2.60. The van der Waals surface area contributed by atoms with Gasteiger partial charge in [0.1, 0.15) is 6.61 Å². The van der Waals surface area contributed by atoms with E-state index in [9.17, 15) is 14.9 Å². The molecule has 7 nitrogen and oxygen atoms in total. The van der Waals surface area contributed by atoms with Crippen LogP contribution in [0.2, 0.25) is 0 Å². The maximum absolute atomic E-state index is 11.7. The Morgan fingerprint density at radius 3 is 2.81 bits per heavy atom. The summed E-state index contributed by atoms with van der Waals surface area (Å²) in [4.78, 5) is 21.7. The predicted molar refractivity (Wildman–Crippen MR) is 77.1 cm³/mol. The summed E-state index contributed by atoms with van der Waals surface area (Å²) in [5.74, 6) is -0.351. The minimum atomic E-state index is -0.460. The van der Waals surface area contributed by atoms with Gasteiger partial charge in [-0.2, -0.15) is 5.10 Å². The third-order valence-electron chi connectivity index (χ3n) is 2.85. The molecule has 112 valence electrons. The molecule has 0 radical (unpaired) electrons. The van der Waals surface area contributed by atoms with Crippen LogP contribution >= 0.6 is 11.3 Å². The van der Waals surface area contributed by atoms with Crippen molar-refractivity contribution in [3.8, 4) is 0 Å². The van der Waals surface area contributed by atoms with Crippen LogP contribution in [0.4, 0.5) is 5.00 Å². The van der Waals surface area contributed by atoms with E-state index in [1.807, 2.05) is 19.9 Å². The Kier molecular flexibility index (Phi) is 4.69. The molecule has 2 aromatic rings. The number of esters is 1. The van der Waals surface area contributed by atoms with Gasteiger partial charge >= 0.3 is 11.0 Å². The lowest BCUT2D eigenvalue weighted by Gasteiger charge is -2.05. The first kappa shape index (κ1) is 15.2. The van der Waals surface area contributed by atoms with Crippen LogP contribution in [0.25, 0.3) is 0 Å². The molecule has 0 aliphatic carbocycles. The van der Waals surface area contributed by atoms with Crippen LogP contribution < -0.4 is 0 Å². The average Bonchev–Trinajstić information content (AvgIpc) is 3.01. The third-order valence-corrected chi connectivity index (χ3v) is 3.78. The number of hydrogen-bond donors (Lipinski definition) is 0. The summed E-state index contributed by atoms with van der Waals surface area (Å²) in [5, 5.41) is 16.5. The molecule has 0 atom stereocenters. The van der Waals surface area contributed by atoms with Crippen LogP contribution in [0.5, 0.6) is 0 Å². The third kappa shape index (κ3) is 4.12. The van der Waals surface area contributed by atoms with E-state index in [-0.39, 0.29) is 24.0 Å². The zero-order valence-electron chi connectivity index (χ0n) is 11.7. The van der Waals surface area contributed by atoms with E-state index in [1.54, 1.807) is 10.1 Å². The Morgan fingerprint density at radius 2 is 2.24 bits per heavy atom. The van der Waals surface area contributed by atoms with E-state index < -0.39 is 4.92 Å². The summed E-state index contributed by atoms with van der Waals surface area (Å²) in [6, 6.07) is 3.36. The zero-order chi connectivity index (χ0) is 15.4. The van der Waals surface area contributed by atoms with Crippen molar-refractivity contribution in [1.29, 1.82) is 0 Å². The summed E-state index contributed by atoms with van der Waals surface area (Å²) >= 11 is 1.02. The van der Waals surface area contributed by atoms with E-state index in [2.05, 4.69) is 5.10 Å². The van der Waals surface area contributed by atoms with Gasteiger partial charge in [0.05, 0.1) is 23.6 Å². The van der Waals surface area contributed by atoms with Crippen molar-refractivity contribution in [2.45, 2.75) is 33.4 Å². The first-order valence-corrected chi connectivity index (χ1v) is 7.22. The minimum absolute atomic E-state index is 0.0451. The second kappa shape index (κ2) is 6.49. The fraction of sp³-hybridized carbons (Fsp3) is 0.385. The van der Waals surface area contributed by atoms with E-state index >= 15 is 0 Å². The van der Waals surface area contributed by atoms with E-state index in [1.165, 1.54) is 6.07 Å². The highest BCUT2D eigenvalue weighted by Crippen LogP contribution is 2.23. The summed E-state index contributed by atoms with van der Waals surface area (Å²) in [7, 11) is 0. The molecule has 8 heteroatoms. The highest BCUT2D eigenvalue weighted by Gasteiger charge is 2.11. The van der Waals surface area contributed by atoms with E-state index in [0.29, 0.717) is 12.1 Å². The molecule has 0 fully saturated rings. The van der Waals surface area contributed by atoms with Crippen LogP contribution in [-0.2, 0) is 22.7 Å². The molecule has 0 N–H and O–H groups in total. The van der Waals surface area contributed by atoms with E-state index in [0.717, 1.165) is 22.7 Å². The molecule has 0 amide bonds. The summed E-state index contributed by atoms with van der Waals surface area (Å²) in [6.45, 7) is 4.34. The topological polar surface area (TPSA) is 87.3 Å². The quantitative estimate of drug-likeness (QED) is 0.465. The standard InChI is InChI=1S/C13H15N3O4S/c1-9-5-10(2)15(14-9)4-3-13(17)20-7-11-6-12(16(18)19)21-8-11/h5-6,8H,3-4,7H2,1-2H3. The van der Waals surface area contributed by atoms with Crippen molar-refractivity contribution in [3.05, 3.63) is 44.6 Å². The van der Waals surface area contributed by atoms with Crippen molar-refractivity contribution in [1.82, 2.24) is 9.78 Å². The molecular weight excluding hydrogens is 294 g/mol. The van der Waals surface area contributed by atoms with Gasteiger partial charge in [-0.25, -0.2) is 0 Å². The van der Waals surface area contributed by atoms with Gasteiger partial charge < -0.3 is 4.74 Å². The number of rotatable bonds is 6. The number of nitro groups is 1. The summed E-state index contributed by atoms with van der Waals surface area (Å²) in [6.07, 6.45) is 0.216. The lowest BCUT2D eigenvalue weighted by molar-refractivity contribution is -0.380. The first-order chi connectivity index (χ1) is 9.95. The molecule has 0 saturated carbocycles. The number of ether oxygens (including phenoxy) is 1. The van der Waals surface area contributed by atoms with Crippen molar-refractivity contribution < 1.29 is 14.5 Å². The Morgan fingerprint density at radius 1 is 1.48 bits per heavy atom. The molecule has 2 aromatic heterocycles. The number of carbonyl (C=O) groups excluding carboxylic acids is 1. The maximum atomic E-state index is 11.7. The lowest BCUT2D eigenvalue weighted by atomic mass is 10.3. The average molecular weight is 309 g/mol. The van der Waals surface area contributed by atoms with Crippen LogP contribution in [0, 0.1) is 24.0 Å². The van der Waals surface area contributed by atoms with Gasteiger partial charge in [0.2, 0.25) is 0 Å². The molecule has 0 spiro atoms. The highest BCUT2D eigenvalue weighted by molar-refractivity contribution is 7.13. The van der Waals surface area contributed by atoms with Crippen molar-refractivity contribution in [2.75, 3.05) is 0 Å². The van der Waals surface area contributed by atoms with Crippen LogP contribution in [0.1, 0.15) is 23.4 Å². The van der Waals surface area contributed by atoms with E-state index in [4.69, 9.17) is 4.74 Å². The number of thiophene rings is 1.